The minimum absolute atomic E-state index is 0.249. The van der Waals surface area contributed by atoms with Crippen molar-refractivity contribution in [2.75, 3.05) is 13.7 Å². The summed E-state index contributed by atoms with van der Waals surface area (Å²) in [5, 5.41) is 0. The first kappa shape index (κ1) is 12.9. The lowest BCUT2D eigenvalue weighted by Gasteiger charge is -2.27. The summed E-state index contributed by atoms with van der Waals surface area (Å²) in [5.74, 6) is -1.95. The van der Waals surface area contributed by atoms with E-state index < -0.39 is 18.3 Å². The van der Waals surface area contributed by atoms with Gasteiger partial charge in [0.1, 0.15) is 6.54 Å². The number of carbonyl (C=O) groups is 2. The van der Waals surface area contributed by atoms with Gasteiger partial charge >= 0.3 is 12.4 Å². The van der Waals surface area contributed by atoms with Gasteiger partial charge in [0, 0.05) is 6.04 Å². The molecule has 0 heterocycles. The lowest BCUT2D eigenvalue weighted by molar-refractivity contribution is -0.154. The number of hydrogen-bond acceptors (Lipinski definition) is 3. The van der Waals surface area contributed by atoms with Crippen molar-refractivity contribution in [3.05, 3.63) is 0 Å². The van der Waals surface area contributed by atoms with E-state index >= 15 is 0 Å². The monoisotopic (exact) mass is 235 g/mol. The number of alkyl halides is 2. The topological polar surface area (TPSA) is 46.6 Å². The van der Waals surface area contributed by atoms with Gasteiger partial charge in [0.2, 0.25) is 0 Å². The summed E-state index contributed by atoms with van der Waals surface area (Å²) in [5.41, 5.74) is 0. The van der Waals surface area contributed by atoms with E-state index in [0.717, 1.165) is 17.7 Å². The summed E-state index contributed by atoms with van der Waals surface area (Å²) in [6.07, 6.45) is 0.0908. The molecular weight excluding hydrogens is 220 g/mol. The second-order valence-corrected chi connectivity index (χ2v) is 3.78. The number of methoxy groups -OCH3 is 1. The van der Waals surface area contributed by atoms with Crippen molar-refractivity contribution in [1.29, 1.82) is 0 Å². The van der Waals surface area contributed by atoms with Crippen molar-refractivity contribution in [2.45, 2.75) is 38.2 Å². The van der Waals surface area contributed by atoms with Crippen molar-refractivity contribution in [3.8, 4) is 0 Å². The van der Waals surface area contributed by atoms with Crippen LogP contribution in [0.5, 0.6) is 0 Å². The number of rotatable bonds is 4. The molecule has 0 aromatic heterocycles. The molecule has 1 saturated carbocycles. The quantitative estimate of drug-likeness (QED) is 0.688. The molecule has 0 unspecified atom stereocenters. The predicted molar refractivity (Wildman–Crippen MR) is 52.0 cm³/mol. The maximum Gasteiger partial charge on any atom is 0.325 e. The SMILES string of the molecule is COC(=O)CN(C(=O)C(F)F)C1CCCC1. The molecule has 16 heavy (non-hydrogen) atoms. The van der Waals surface area contributed by atoms with Gasteiger partial charge < -0.3 is 9.64 Å². The van der Waals surface area contributed by atoms with Crippen LogP contribution in [0.15, 0.2) is 0 Å². The molecule has 0 saturated heterocycles. The normalized spacial score (nSPS) is 16.5. The number of nitrogens with zero attached hydrogens (tertiary/aromatic N) is 1. The molecule has 0 aromatic rings. The van der Waals surface area contributed by atoms with Gasteiger partial charge in [0.15, 0.2) is 0 Å². The van der Waals surface area contributed by atoms with Crippen molar-refractivity contribution < 1.29 is 23.1 Å². The van der Waals surface area contributed by atoms with Crippen LogP contribution in [-0.4, -0.2) is 42.9 Å². The molecular formula is C10H15F2NO3. The molecule has 0 atom stereocenters. The minimum Gasteiger partial charge on any atom is -0.468 e. The molecule has 1 aliphatic carbocycles. The molecule has 1 aliphatic rings. The zero-order chi connectivity index (χ0) is 12.1. The lowest BCUT2D eigenvalue weighted by Crippen LogP contribution is -2.45. The first-order chi connectivity index (χ1) is 7.56. The Morgan fingerprint density at radius 2 is 1.94 bits per heavy atom. The van der Waals surface area contributed by atoms with Crippen LogP contribution in [0, 0.1) is 0 Å². The Balaban J connectivity index is 2.67. The Kier molecular flexibility index (Phi) is 4.64. The highest BCUT2D eigenvalue weighted by atomic mass is 19.3. The Morgan fingerprint density at radius 3 is 2.38 bits per heavy atom. The van der Waals surface area contributed by atoms with Crippen molar-refractivity contribution >= 4 is 11.9 Å². The van der Waals surface area contributed by atoms with E-state index in [9.17, 15) is 18.4 Å². The minimum atomic E-state index is -3.06. The average Bonchev–Trinajstić information content (AvgIpc) is 2.77. The fourth-order valence-corrected chi connectivity index (χ4v) is 1.93. The lowest BCUT2D eigenvalue weighted by atomic mass is 10.2. The average molecular weight is 235 g/mol. The van der Waals surface area contributed by atoms with Crippen LogP contribution >= 0.6 is 0 Å². The Labute approximate surface area is 92.5 Å². The number of carbonyl (C=O) groups excluding carboxylic acids is 2. The Bertz CT molecular complexity index is 265. The van der Waals surface area contributed by atoms with Gasteiger partial charge in [0.05, 0.1) is 7.11 Å². The van der Waals surface area contributed by atoms with E-state index in [1.165, 1.54) is 7.11 Å². The van der Waals surface area contributed by atoms with E-state index in [1.807, 2.05) is 0 Å². The van der Waals surface area contributed by atoms with Crippen LogP contribution in [-0.2, 0) is 14.3 Å². The van der Waals surface area contributed by atoms with Gasteiger partial charge in [-0.1, -0.05) is 12.8 Å². The van der Waals surface area contributed by atoms with Gasteiger partial charge in [-0.15, -0.1) is 0 Å². The molecule has 0 radical (unpaired) electrons. The standard InChI is InChI=1S/C10H15F2NO3/c1-16-8(14)6-13(10(15)9(11)12)7-4-2-3-5-7/h7,9H,2-6H2,1H3. The van der Waals surface area contributed by atoms with Gasteiger partial charge in [-0.25, -0.2) is 0 Å². The summed E-state index contributed by atoms with van der Waals surface area (Å²) in [6.45, 7) is -0.385. The van der Waals surface area contributed by atoms with Crippen molar-refractivity contribution in [3.63, 3.8) is 0 Å². The zero-order valence-electron chi connectivity index (χ0n) is 9.12. The molecule has 0 N–H and O–H groups in total. The number of esters is 1. The molecule has 4 nitrogen and oxygen atoms in total. The van der Waals surface area contributed by atoms with Gasteiger partial charge in [-0.2, -0.15) is 8.78 Å². The summed E-state index contributed by atoms with van der Waals surface area (Å²) in [6, 6.07) is -0.249. The van der Waals surface area contributed by atoms with Crippen LogP contribution in [0.3, 0.4) is 0 Å². The summed E-state index contributed by atoms with van der Waals surface area (Å²) in [7, 11) is 1.17. The fraction of sp³-hybridized carbons (Fsp3) is 0.800. The van der Waals surface area contributed by atoms with Crippen molar-refractivity contribution in [2.24, 2.45) is 0 Å². The second-order valence-electron chi connectivity index (χ2n) is 3.78. The summed E-state index contributed by atoms with van der Waals surface area (Å²) < 4.78 is 29.1. The van der Waals surface area contributed by atoms with Crippen LogP contribution < -0.4 is 0 Å². The van der Waals surface area contributed by atoms with E-state index in [0.29, 0.717) is 12.8 Å². The predicted octanol–water partition coefficient (Wildman–Crippen LogP) is 1.20. The van der Waals surface area contributed by atoms with Crippen LogP contribution in [0.25, 0.3) is 0 Å². The molecule has 92 valence electrons. The third-order valence-electron chi connectivity index (χ3n) is 2.76. The Morgan fingerprint density at radius 1 is 1.38 bits per heavy atom. The second kappa shape index (κ2) is 5.77. The first-order valence-corrected chi connectivity index (χ1v) is 5.21. The third-order valence-corrected chi connectivity index (χ3v) is 2.76. The molecule has 1 fully saturated rings. The number of ether oxygens (including phenoxy) is 1. The number of hydrogen-bond donors (Lipinski definition) is 0. The number of amides is 1. The highest BCUT2D eigenvalue weighted by molar-refractivity contribution is 5.84. The summed E-state index contributed by atoms with van der Waals surface area (Å²) >= 11 is 0. The molecule has 6 heteroatoms. The molecule has 0 aliphatic heterocycles. The smallest absolute Gasteiger partial charge is 0.325 e. The largest absolute Gasteiger partial charge is 0.468 e. The first-order valence-electron chi connectivity index (χ1n) is 5.21. The van der Waals surface area contributed by atoms with E-state index in [4.69, 9.17) is 0 Å². The van der Waals surface area contributed by atoms with E-state index in [-0.39, 0.29) is 12.6 Å². The highest BCUT2D eigenvalue weighted by Gasteiger charge is 2.32. The maximum absolute atomic E-state index is 12.3. The molecule has 0 aromatic carbocycles. The van der Waals surface area contributed by atoms with Gasteiger partial charge in [-0.05, 0) is 12.8 Å². The van der Waals surface area contributed by atoms with E-state index in [2.05, 4.69) is 4.74 Å². The van der Waals surface area contributed by atoms with E-state index in [1.54, 1.807) is 0 Å². The maximum atomic E-state index is 12.3. The molecule has 1 amide bonds. The molecule has 0 bridgehead atoms. The molecule has 1 rings (SSSR count). The zero-order valence-corrected chi connectivity index (χ0v) is 9.12. The fourth-order valence-electron chi connectivity index (χ4n) is 1.93. The van der Waals surface area contributed by atoms with Crippen molar-refractivity contribution in [1.82, 2.24) is 4.90 Å². The highest BCUT2D eigenvalue weighted by Crippen LogP contribution is 2.24. The molecule has 0 spiro atoms. The van der Waals surface area contributed by atoms with Gasteiger partial charge in [0.25, 0.3) is 5.91 Å². The number of halogens is 2. The third kappa shape index (κ3) is 3.15. The van der Waals surface area contributed by atoms with Crippen LogP contribution in [0.4, 0.5) is 8.78 Å². The van der Waals surface area contributed by atoms with Gasteiger partial charge in [-0.3, -0.25) is 9.59 Å². The Hall–Kier alpha value is -1.20. The van der Waals surface area contributed by atoms with Crippen LogP contribution in [0.2, 0.25) is 0 Å². The summed E-state index contributed by atoms with van der Waals surface area (Å²) in [4.78, 5) is 23.2. The van der Waals surface area contributed by atoms with Crippen LogP contribution in [0.1, 0.15) is 25.7 Å².